The summed E-state index contributed by atoms with van der Waals surface area (Å²) in [5.74, 6) is 0.623. The van der Waals surface area contributed by atoms with Crippen LogP contribution in [0.15, 0.2) is 12.1 Å². The Labute approximate surface area is 99.2 Å². The molecule has 1 aromatic rings. The van der Waals surface area contributed by atoms with E-state index in [4.69, 9.17) is 10.9 Å². The molecule has 1 aromatic heterocycles. The summed E-state index contributed by atoms with van der Waals surface area (Å²) in [6.07, 6.45) is 2.19. The molecule has 94 valence electrons. The van der Waals surface area contributed by atoms with Crippen molar-refractivity contribution in [1.82, 2.24) is 10.3 Å². The lowest BCUT2D eigenvalue weighted by atomic mass is 10.1. The van der Waals surface area contributed by atoms with Gasteiger partial charge in [-0.05, 0) is 31.5 Å². The second-order valence-corrected chi connectivity index (χ2v) is 4.06. The summed E-state index contributed by atoms with van der Waals surface area (Å²) in [4.78, 5) is 4.03. The average Bonchev–Trinajstić information content (AvgIpc) is 2.30. The minimum atomic E-state index is -0.283. The average molecular weight is 238 g/mol. The molecule has 0 radical (unpaired) electrons. The van der Waals surface area contributed by atoms with E-state index >= 15 is 0 Å². The molecule has 17 heavy (non-hydrogen) atoms. The molecule has 0 spiro atoms. The molecule has 7 heteroatoms. The minimum absolute atomic E-state index is 0.0104. The van der Waals surface area contributed by atoms with Crippen molar-refractivity contribution in [3.63, 3.8) is 0 Å². The lowest BCUT2D eigenvalue weighted by Crippen LogP contribution is -2.38. The molecule has 1 atom stereocenters. The second-order valence-electron chi connectivity index (χ2n) is 4.06. The Balaban J connectivity index is 2.04. The standard InChI is InChI=1S/C10H16N5O2/c11-10-8(15(16)17)3-4-9(14-10)13-7-2-1-5-12-6-7/h3-4,7,12,16H,1-2,5-6H2,(H3,11,13,14)/q-1. The van der Waals surface area contributed by atoms with Gasteiger partial charge in [0, 0.05) is 12.6 Å². The van der Waals surface area contributed by atoms with Crippen LogP contribution in [0.1, 0.15) is 12.8 Å². The fourth-order valence-corrected chi connectivity index (χ4v) is 1.89. The fourth-order valence-electron chi connectivity index (χ4n) is 1.89. The summed E-state index contributed by atoms with van der Waals surface area (Å²) in [5, 5.41) is 25.7. The molecule has 0 aromatic carbocycles. The molecule has 1 unspecified atom stereocenters. The maximum atomic E-state index is 10.7. The van der Waals surface area contributed by atoms with Crippen molar-refractivity contribution in [3.8, 4) is 0 Å². The van der Waals surface area contributed by atoms with Gasteiger partial charge in [0.1, 0.15) is 5.82 Å². The van der Waals surface area contributed by atoms with Gasteiger partial charge in [-0.1, -0.05) is 0 Å². The number of nitrogens with zero attached hydrogens (tertiary/aromatic N) is 2. The first kappa shape index (κ1) is 11.9. The largest absolute Gasteiger partial charge is 0.733 e. The van der Waals surface area contributed by atoms with E-state index in [1.165, 1.54) is 6.07 Å². The number of nitrogens with one attached hydrogen (secondary N) is 2. The van der Waals surface area contributed by atoms with Crippen molar-refractivity contribution in [2.45, 2.75) is 18.9 Å². The van der Waals surface area contributed by atoms with Crippen LogP contribution in [0.25, 0.3) is 0 Å². The van der Waals surface area contributed by atoms with Gasteiger partial charge < -0.3 is 26.8 Å². The lowest BCUT2D eigenvalue weighted by Gasteiger charge is -2.26. The summed E-state index contributed by atoms with van der Waals surface area (Å²) >= 11 is 0. The molecule has 7 nitrogen and oxygen atoms in total. The number of anilines is 3. The molecule has 0 bridgehead atoms. The molecular weight excluding hydrogens is 222 g/mol. The predicted octanol–water partition coefficient (Wildman–Crippen LogP) is 0.521. The molecule has 5 N–H and O–H groups in total. The highest BCUT2D eigenvalue weighted by Gasteiger charge is 2.13. The molecule has 1 fully saturated rings. The fraction of sp³-hybridized carbons (Fsp3) is 0.500. The van der Waals surface area contributed by atoms with Crippen LogP contribution >= 0.6 is 0 Å². The maximum Gasteiger partial charge on any atom is 0.150 e. The number of piperidine rings is 1. The maximum absolute atomic E-state index is 10.7. The van der Waals surface area contributed by atoms with Crippen LogP contribution in [0.5, 0.6) is 0 Å². The van der Waals surface area contributed by atoms with Crippen LogP contribution < -0.4 is 21.6 Å². The molecule has 0 saturated carbocycles. The number of rotatable bonds is 3. The van der Waals surface area contributed by atoms with E-state index in [9.17, 15) is 5.21 Å². The first-order chi connectivity index (χ1) is 8.16. The first-order valence-corrected chi connectivity index (χ1v) is 5.57. The van der Waals surface area contributed by atoms with Crippen LogP contribution in [0.4, 0.5) is 17.3 Å². The minimum Gasteiger partial charge on any atom is -0.733 e. The van der Waals surface area contributed by atoms with E-state index in [1.807, 2.05) is 0 Å². The normalized spacial score (nSPS) is 20.0. The van der Waals surface area contributed by atoms with Gasteiger partial charge in [-0.2, -0.15) is 0 Å². The van der Waals surface area contributed by atoms with E-state index < -0.39 is 0 Å². The van der Waals surface area contributed by atoms with Gasteiger partial charge in [-0.3, -0.25) is 5.21 Å². The van der Waals surface area contributed by atoms with Gasteiger partial charge in [-0.15, -0.1) is 0 Å². The van der Waals surface area contributed by atoms with E-state index in [0.717, 1.165) is 25.9 Å². The summed E-state index contributed by atoms with van der Waals surface area (Å²) in [7, 11) is 0. The molecule has 2 heterocycles. The SMILES string of the molecule is Nc1nc(NC2CCCNC2)ccc1N([O-])O. The summed E-state index contributed by atoms with van der Waals surface area (Å²) in [5.41, 5.74) is 5.51. The molecule has 1 saturated heterocycles. The van der Waals surface area contributed by atoms with Crippen LogP contribution in [0.2, 0.25) is 0 Å². The Morgan fingerprint density at radius 2 is 2.41 bits per heavy atom. The zero-order valence-electron chi connectivity index (χ0n) is 9.39. The summed E-state index contributed by atoms with van der Waals surface area (Å²) in [6.45, 7) is 1.93. The Morgan fingerprint density at radius 3 is 3.00 bits per heavy atom. The quantitative estimate of drug-likeness (QED) is 0.568. The monoisotopic (exact) mass is 238 g/mol. The highest BCUT2D eigenvalue weighted by molar-refractivity contribution is 5.65. The third-order valence-electron chi connectivity index (χ3n) is 2.76. The topological polar surface area (TPSA) is 110 Å². The van der Waals surface area contributed by atoms with Crippen molar-refractivity contribution in [2.24, 2.45) is 0 Å². The van der Waals surface area contributed by atoms with E-state index in [-0.39, 0.29) is 16.7 Å². The number of hydrogen-bond donors (Lipinski definition) is 4. The van der Waals surface area contributed by atoms with Gasteiger partial charge in [-0.25, -0.2) is 4.98 Å². The number of nitrogens with two attached hydrogens (primary N) is 1. The molecule has 1 aliphatic heterocycles. The molecule has 0 amide bonds. The van der Waals surface area contributed by atoms with E-state index in [0.29, 0.717) is 11.9 Å². The van der Waals surface area contributed by atoms with Gasteiger partial charge in [0.05, 0.1) is 5.69 Å². The van der Waals surface area contributed by atoms with Crippen molar-refractivity contribution >= 4 is 17.3 Å². The Hall–Kier alpha value is -1.57. The third kappa shape index (κ3) is 2.96. The van der Waals surface area contributed by atoms with Crippen LogP contribution in [-0.4, -0.2) is 29.3 Å². The Kier molecular flexibility index (Phi) is 3.62. The van der Waals surface area contributed by atoms with Crippen LogP contribution in [0.3, 0.4) is 0 Å². The second kappa shape index (κ2) is 5.17. The third-order valence-corrected chi connectivity index (χ3v) is 2.76. The van der Waals surface area contributed by atoms with Gasteiger partial charge >= 0.3 is 0 Å². The van der Waals surface area contributed by atoms with Gasteiger partial charge in [0.25, 0.3) is 0 Å². The number of hydrogen-bond acceptors (Lipinski definition) is 7. The van der Waals surface area contributed by atoms with Crippen molar-refractivity contribution in [3.05, 3.63) is 17.3 Å². The van der Waals surface area contributed by atoms with E-state index in [1.54, 1.807) is 6.07 Å². The predicted molar refractivity (Wildman–Crippen MR) is 65.8 cm³/mol. The molecule has 2 rings (SSSR count). The van der Waals surface area contributed by atoms with Crippen LogP contribution in [-0.2, 0) is 0 Å². The first-order valence-electron chi connectivity index (χ1n) is 5.57. The van der Waals surface area contributed by atoms with Crippen molar-refractivity contribution < 1.29 is 5.21 Å². The molecule has 0 aliphatic carbocycles. The highest BCUT2D eigenvalue weighted by atomic mass is 16.8. The molecular formula is C10H16N5O2-. The number of nitrogen functional groups attached to an aromatic ring is 1. The van der Waals surface area contributed by atoms with E-state index in [2.05, 4.69) is 15.6 Å². The Bertz CT molecular complexity index is 379. The molecule has 1 aliphatic rings. The number of pyridine rings is 1. The van der Waals surface area contributed by atoms with Gasteiger partial charge in [0.2, 0.25) is 0 Å². The number of aromatic nitrogens is 1. The zero-order valence-corrected chi connectivity index (χ0v) is 9.39. The van der Waals surface area contributed by atoms with Crippen LogP contribution in [0, 0.1) is 5.21 Å². The summed E-state index contributed by atoms with van der Waals surface area (Å²) < 4.78 is 0. The highest BCUT2D eigenvalue weighted by Crippen LogP contribution is 2.22. The van der Waals surface area contributed by atoms with Crippen molar-refractivity contribution in [1.29, 1.82) is 0 Å². The zero-order chi connectivity index (χ0) is 12.3. The van der Waals surface area contributed by atoms with Crippen molar-refractivity contribution in [2.75, 3.05) is 29.4 Å². The lowest BCUT2D eigenvalue weighted by molar-refractivity contribution is 0.297. The smallest absolute Gasteiger partial charge is 0.150 e. The Morgan fingerprint density at radius 1 is 1.59 bits per heavy atom. The summed E-state index contributed by atoms with van der Waals surface area (Å²) in [6, 6.07) is 3.38. The van der Waals surface area contributed by atoms with Gasteiger partial charge in [0.15, 0.2) is 5.82 Å².